The number of hydrogen-bond donors (Lipinski definition) is 1. The summed E-state index contributed by atoms with van der Waals surface area (Å²) < 4.78 is 70.2. The van der Waals surface area contributed by atoms with Gasteiger partial charge in [0.2, 0.25) is 10.0 Å². The van der Waals surface area contributed by atoms with Crippen LogP contribution in [0.25, 0.3) is 0 Å². The number of carbonyl (C=O) groups is 1. The molecule has 0 bridgehead atoms. The van der Waals surface area contributed by atoms with Crippen LogP contribution in [0.15, 0.2) is 23.1 Å². The first-order valence-corrected chi connectivity index (χ1v) is 8.54. The third kappa shape index (κ3) is 4.63. The summed E-state index contributed by atoms with van der Waals surface area (Å²) in [5.74, 6) is -1.18. The van der Waals surface area contributed by atoms with E-state index in [1.165, 1.54) is 0 Å². The number of sulfonamides is 1. The molecule has 1 atom stereocenters. The van der Waals surface area contributed by atoms with Gasteiger partial charge < -0.3 is 10.1 Å². The Bertz CT molecular complexity index is 740. The minimum absolute atomic E-state index is 0. The van der Waals surface area contributed by atoms with Crippen molar-refractivity contribution in [3.63, 3.8) is 0 Å². The Morgan fingerprint density at radius 1 is 1.36 bits per heavy atom. The molecule has 0 saturated carbocycles. The Kier molecular flexibility index (Phi) is 6.85. The van der Waals surface area contributed by atoms with Crippen molar-refractivity contribution in [1.29, 1.82) is 0 Å². The van der Waals surface area contributed by atoms with Crippen molar-refractivity contribution in [2.45, 2.75) is 24.0 Å². The fraction of sp³-hybridized carbons (Fsp3) is 0.500. The second-order valence-corrected chi connectivity index (χ2v) is 7.35. The molecule has 0 radical (unpaired) electrons. The zero-order chi connectivity index (χ0) is 18.1. The maximum absolute atomic E-state index is 13.2. The second-order valence-electron chi connectivity index (χ2n) is 5.41. The number of nitrogens with one attached hydrogen (secondary N) is 1. The zero-order valence-electron chi connectivity index (χ0n) is 13.5. The number of rotatable bonds is 3. The van der Waals surface area contributed by atoms with Crippen LogP contribution in [0.2, 0.25) is 0 Å². The summed E-state index contributed by atoms with van der Waals surface area (Å²) in [5, 5.41) is 3.06. The Hall–Kier alpha value is -1.36. The lowest BCUT2D eigenvalue weighted by molar-refractivity contribution is -0.138. The van der Waals surface area contributed by atoms with Gasteiger partial charge in [-0.1, -0.05) is 0 Å². The van der Waals surface area contributed by atoms with Gasteiger partial charge in [-0.2, -0.15) is 17.5 Å². The van der Waals surface area contributed by atoms with Gasteiger partial charge >= 0.3 is 12.1 Å². The first-order chi connectivity index (χ1) is 11.1. The van der Waals surface area contributed by atoms with E-state index in [2.05, 4.69) is 10.1 Å². The lowest BCUT2D eigenvalue weighted by atomic mass is 10.1. The van der Waals surface area contributed by atoms with Crippen LogP contribution in [0.5, 0.6) is 0 Å². The average molecular weight is 403 g/mol. The number of alkyl halides is 3. The Balaban J connectivity index is 0.00000312. The topological polar surface area (TPSA) is 75.7 Å². The van der Waals surface area contributed by atoms with Gasteiger partial charge in [-0.15, -0.1) is 12.4 Å². The van der Waals surface area contributed by atoms with Gasteiger partial charge in [-0.3, -0.25) is 0 Å². The molecule has 0 spiro atoms. The van der Waals surface area contributed by atoms with Gasteiger partial charge in [0.15, 0.2) is 0 Å². The predicted molar refractivity (Wildman–Crippen MR) is 86.3 cm³/mol. The fourth-order valence-corrected chi connectivity index (χ4v) is 4.03. The van der Waals surface area contributed by atoms with Crippen LogP contribution in [0.4, 0.5) is 13.2 Å². The average Bonchev–Trinajstić information content (AvgIpc) is 2.52. The molecule has 6 nitrogen and oxygen atoms in total. The summed E-state index contributed by atoms with van der Waals surface area (Å²) in [5.41, 5.74) is -2.06. The number of piperazine rings is 1. The number of hydrogen-bond acceptors (Lipinski definition) is 5. The smallest absolute Gasteiger partial charge is 0.417 e. The number of esters is 1. The van der Waals surface area contributed by atoms with Gasteiger partial charge in [-0.05, 0) is 25.1 Å². The van der Waals surface area contributed by atoms with E-state index in [0.29, 0.717) is 12.6 Å². The molecule has 0 aliphatic carbocycles. The first-order valence-electron chi connectivity index (χ1n) is 7.10. The van der Waals surface area contributed by atoms with Crippen LogP contribution in [-0.2, 0) is 20.9 Å². The van der Waals surface area contributed by atoms with Crippen molar-refractivity contribution in [3.8, 4) is 0 Å². The van der Waals surface area contributed by atoms with E-state index in [1.54, 1.807) is 6.92 Å². The normalized spacial score (nSPS) is 19.2. The fourth-order valence-electron chi connectivity index (χ4n) is 2.47. The highest BCUT2D eigenvalue weighted by Gasteiger charge is 2.38. The van der Waals surface area contributed by atoms with E-state index in [9.17, 15) is 26.4 Å². The molecule has 11 heteroatoms. The number of benzene rings is 1. The molecule has 1 heterocycles. The maximum Gasteiger partial charge on any atom is 0.417 e. The largest absolute Gasteiger partial charge is 0.465 e. The summed E-state index contributed by atoms with van der Waals surface area (Å²) >= 11 is 0. The van der Waals surface area contributed by atoms with Gasteiger partial charge in [0.1, 0.15) is 0 Å². The minimum Gasteiger partial charge on any atom is -0.465 e. The highest BCUT2D eigenvalue weighted by atomic mass is 35.5. The number of carbonyl (C=O) groups excluding carboxylic acids is 1. The monoisotopic (exact) mass is 402 g/mol. The number of nitrogens with zero attached hydrogens (tertiary/aromatic N) is 1. The molecule has 1 aliphatic rings. The summed E-state index contributed by atoms with van der Waals surface area (Å²) in [4.78, 5) is 11.0. The van der Waals surface area contributed by atoms with Crippen molar-refractivity contribution in [2.24, 2.45) is 0 Å². The van der Waals surface area contributed by atoms with Gasteiger partial charge in [0, 0.05) is 25.7 Å². The quantitative estimate of drug-likeness (QED) is 0.781. The second kappa shape index (κ2) is 7.90. The highest BCUT2D eigenvalue weighted by Crippen LogP contribution is 2.34. The van der Waals surface area contributed by atoms with E-state index < -0.39 is 38.2 Å². The van der Waals surface area contributed by atoms with Crippen LogP contribution in [0.3, 0.4) is 0 Å². The Morgan fingerprint density at radius 2 is 2.00 bits per heavy atom. The van der Waals surface area contributed by atoms with Gasteiger partial charge in [0.25, 0.3) is 0 Å². The summed E-state index contributed by atoms with van der Waals surface area (Å²) in [6, 6.07) is 2.19. The molecule has 1 N–H and O–H groups in total. The van der Waals surface area contributed by atoms with Crippen LogP contribution < -0.4 is 5.32 Å². The molecule has 25 heavy (non-hydrogen) atoms. The number of methoxy groups -OCH3 is 1. The van der Waals surface area contributed by atoms with Crippen molar-refractivity contribution in [3.05, 3.63) is 29.3 Å². The van der Waals surface area contributed by atoms with E-state index >= 15 is 0 Å². The highest BCUT2D eigenvalue weighted by molar-refractivity contribution is 7.89. The molecule has 1 aliphatic heterocycles. The summed E-state index contributed by atoms with van der Waals surface area (Å²) in [6.07, 6.45) is -4.88. The van der Waals surface area contributed by atoms with Crippen molar-refractivity contribution in [1.82, 2.24) is 9.62 Å². The molecular weight excluding hydrogens is 385 g/mol. The molecule has 1 saturated heterocycles. The van der Waals surface area contributed by atoms with Crippen molar-refractivity contribution in [2.75, 3.05) is 26.7 Å². The van der Waals surface area contributed by atoms with E-state index in [-0.39, 0.29) is 31.5 Å². The number of ether oxygens (including phenoxy) is 1. The molecular formula is C14H18ClF3N2O4S. The first kappa shape index (κ1) is 21.7. The predicted octanol–water partition coefficient (Wildman–Crippen LogP) is 1.90. The molecule has 0 aromatic heterocycles. The maximum atomic E-state index is 13.2. The number of halogens is 4. The third-order valence-electron chi connectivity index (χ3n) is 3.67. The molecule has 142 valence electrons. The van der Waals surface area contributed by atoms with Crippen LogP contribution in [-0.4, -0.2) is 51.5 Å². The van der Waals surface area contributed by atoms with Crippen LogP contribution in [0, 0.1) is 0 Å². The summed E-state index contributed by atoms with van der Waals surface area (Å²) in [7, 11) is -3.13. The van der Waals surface area contributed by atoms with E-state index in [4.69, 9.17) is 0 Å². The third-order valence-corrected chi connectivity index (χ3v) is 5.53. The standard InChI is InChI=1S/C14H17F3N2O4S.ClH/c1-9-8-19(6-5-18-9)24(21,22)10-3-4-11(13(20)23-2)12(7-10)14(15,16)17;/h3-4,7,9,18H,5-6,8H2,1-2H3;1H. The van der Waals surface area contributed by atoms with Gasteiger partial charge in [-0.25, -0.2) is 13.2 Å². The van der Waals surface area contributed by atoms with E-state index in [0.717, 1.165) is 23.5 Å². The lowest BCUT2D eigenvalue weighted by Gasteiger charge is -2.31. The zero-order valence-corrected chi connectivity index (χ0v) is 15.1. The molecule has 2 rings (SSSR count). The molecule has 1 aromatic carbocycles. The van der Waals surface area contributed by atoms with Crippen molar-refractivity contribution >= 4 is 28.4 Å². The minimum atomic E-state index is -4.88. The SMILES string of the molecule is COC(=O)c1ccc(S(=O)(=O)N2CCNC(C)C2)cc1C(F)(F)F.Cl. The van der Waals surface area contributed by atoms with Gasteiger partial charge in [0.05, 0.1) is 23.1 Å². The molecule has 1 unspecified atom stereocenters. The lowest BCUT2D eigenvalue weighted by Crippen LogP contribution is -2.51. The molecule has 1 aromatic rings. The van der Waals surface area contributed by atoms with E-state index in [1.807, 2.05) is 0 Å². The van der Waals surface area contributed by atoms with Crippen LogP contribution >= 0.6 is 12.4 Å². The van der Waals surface area contributed by atoms with Crippen molar-refractivity contribution < 1.29 is 31.1 Å². The summed E-state index contributed by atoms with van der Waals surface area (Å²) in [6.45, 7) is 2.51. The Morgan fingerprint density at radius 3 is 2.52 bits per heavy atom. The molecule has 0 amide bonds. The molecule has 1 fully saturated rings. The van der Waals surface area contributed by atoms with Crippen LogP contribution in [0.1, 0.15) is 22.8 Å². The Labute approximate surface area is 149 Å².